The first-order valence-corrected chi connectivity index (χ1v) is 20.5. The van der Waals surface area contributed by atoms with Crippen molar-refractivity contribution in [2.45, 2.75) is 0 Å². The molecule has 2 nitrogen and oxygen atoms in total. The van der Waals surface area contributed by atoms with Crippen molar-refractivity contribution in [3.05, 3.63) is 237 Å². The molecule has 11 rings (SSSR count). The minimum absolute atomic E-state index is 0.879. The molecule has 282 valence electrons. The molecule has 1 heterocycles. The van der Waals surface area contributed by atoms with E-state index in [0.717, 1.165) is 44.6 Å². The summed E-state index contributed by atoms with van der Waals surface area (Å²) < 4.78 is 6.26. The lowest BCUT2D eigenvalue weighted by molar-refractivity contribution is 0.669. The molecule has 0 saturated carbocycles. The molecular weight excluding hydrogens is 727 g/mol. The third-order valence-corrected chi connectivity index (χ3v) is 11.7. The second-order valence-electron chi connectivity index (χ2n) is 15.2. The summed E-state index contributed by atoms with van der Waals surface area (Å²) in [6.07, 6.45) is 0. The lowest BCUT2D eigenvalue weighted by Gasteiger charge is -2.26. The molecule has 0 aliphatic carbocycles. The Labute approximate surface area is 349 Å². The Hall–Kier alpha value is -7.94. The van der Waals surface area contributed by atoms with E-state index in [1.54, 1.807) is 0 Å². The van der Waals surface area contributed by atoms with Gasteiger partial charge in [-0.05, 0) is 115 Å². The highest BCUT2D eigenvalue weighted by Gasteiger charge is 2.18. The zero-order valence-electron chi connectivity index (χ0n) is 32.9. The Bertz CT molecular complexity index is 3300. The van der Waals surface area contributed by atoms with E-state index in [9.17, 15) is 0 Å². The molecule has 0 amide bonds. The molecule has 0 saturated heterocycles. The lowest BCUT2D eigenvalue weighted by Crippen LogP contribution is -2.09. The summed E-state index contributed by atoms with van der Waals surface area (Å²) in [7, 11) is 0. The van der Waals surface area contributed by atoms with Crippen molar-refractivity contribution in [2.24, 2.45) is 0 Å². The van der Waals surface area contributed by atoms with E-state index in [0.29, 0.717) is 0 Å². The summed E-state index contributed by atoms with van der Waals surface area (Å²) in [6.45, 7) is 0. The van der Waals surface area contributed by atoms with Crippen LogP contribution in [0.1, 0.15) is 0 Å². The maximum absolute atomic E-state index is 6.26. The topological polar surface area (TPSA) is 16.4 Å². The molecule has 0 unspecified atom stereocenters. The van der Waals surface area contributed by atoms with Gasteiger partial charge in [0.15, 0.2) is 0 Å². The number of hydrogen-bond donors (Lipinski definition) is 0. The molecule has 0 atom stereocenters. The minimum atomic E-state index is 0.879. The van der Waals surface area contributed by atoms with Crippen molar-refractivity contribution in [3.63, 3.8) is 0 Å². The highest BCUT2D eigenvalue weighted by molar-refractivity contribution is 6.07. The van der Waals surface area contributed by atoms with Gasteiger partial charge in [0.1, 0.15) is 11.2 Å². The number of nitrogens with zero attached hydrogens (tertiary/aromatic N) is 1. The van der Waals surface area contributed by atoms with Crippen molar-refractivity contribution in [3.8, 4) is 55.6 Å². The van der Waals surface area contributed by atoms with Gasteiger partial charge >= 0.3 is 0 Å². The van der Waals surface area contributed by atoms with E-state index in [-0.39, 0.29) is 0 Å². The van der Waals surface area contributed by atoms with Crippen LogP contribution in [0.25, 0.3) is 88.3 Å². The first-order valence-electron chi connectivity index (χ1n) is 20.5. The van der Waals surface area contributed by atoms with E-state index in [4.69, 9.17) is 4.42 Å². The molecule has 0 bridgehead atoms. The lowest BCUT2D eigenvalue weighted by atomic mass is 9.87. The second kappa shape index (κ2) is 15.1. The van der Waals surface area contributed by atoms with E-state index < -0.39 is 0 Å². The molecule has 0 radical (unpaired) electrons. The number of fused-ring (bicyclic) bond motifs is 4. The maximum Gasteiger partial charge on any atom is 0.135 e. The Morgan fingerprint density at radius 2 is 0.667 bits per heavy atom. The first kappa shape index (κ1) is 35.2. The summed E-state index contributed by atoms with van der Waals surface area (Å²) in [6, 6.07) is 84.9. The van der Waals surface area contributed by atoms with Crippen molar-refractivity contribution in [1.29, 1.82) is 0 Å². The summed E-state index contributed by atoms with van der Waals surface area (Å²) in [5, 5.41) is 4.70. The maximum atomic E-state index is 6.26. The third-order valence-electron chi connectivity index (χ3n) is 11.7. The van der Waals surface area contributed by atoms with Crippen LogP contribution in [0, 0.1) is 0 Å². The van der Waals surface area contributed by atoms with E-state index in [1.807, 2.05) is 12.1 Å². The van der Waals surface area contributed by atoms with E-state index >= 15 is 0 Å². The SMILES string of the molecule is c1ccc(-c2ccccc2-c2ccccc2-c2ccccc2-c2ccc(N(c3ccc(-c4cccc5ccccc45)cc3)c3ccc4oc5ccccc5c4c3)cc2)cc1. The first-order chi connectivity index (χ1) is 29.8. The standard InChI is InChI=1S/C58H39NO/c1-2-15-40(16-3-1)49-20-6-8-22-51(49)53-24-10-11-25-54(53)52-23-9-7-21-50(52)43-31-35-45(36-32-43)59(46-37-38-58-56(39-46)55-26-12-13-28-57(55)60-58)44-33-29-42(30-34-44)48-27-14-18-41-17-4-5-19-47(41)48/h1-39H. The predicted molar refractivity (Wildman–Crippen MR) is 253 cm³/mol. The molecule has 0 fully saturated rings. The van der Waals surface area contributed by atoms with Crippen LogP contribution in [0.5, 0.6) is 0 Å². The zero-order chi connectivity index (χ0) is 39.8. The molecule has 0 N–H and O–H groups in total. The molecule has 60 heavy (non-hydrogen) atoms. The number of rotatable bonds is 8. The average Bonchev–Trinajstić information content (AvgIpc) is 3.70. The van der Waals surface area contributed by atoms with Crippen LogP contribution < -0.4 is 4.90 Å². The van der Waals surface area contributed by atoms with Gasteiger partial charge in [0.25, 0.3) is 0 Å². The van der Waals surface area contributed by atoms with Crippen LogP contribution in [0.4, 0.5) is 17.1 Å². The second-order valence-corrected chi connectivity index (χ2v) is 15.2. The summed E-state index contributed by atoms with van der Waals surface area (Å²) >= 11 is 0. The molecular formula is C58H39NO. The molecule has 2 heteroatoms. The summed E-state index contributed by atoms with van der Waals surface area (Å²) in [4.78, 5) is 2.35. The van der Waals surface area contributed by atoms with Crippen LogP contribution >= 0.6 is 0 Å². The van der Waals surface area contributed by atoms with Crippen molar-refractivity contribution in [1.82, 2.24) is 0 Å². The predicted octanol–water partition coefficient (Wildman–Crippen LogP) is 16.5. The summed E-state index contributed by atoms with van der Waals surface area (Å²) in [5.41, 5.74) is 17.0. The fourth-order valence-electron chi connectivity index (χ4n) is 8.87. The van der Waals surface area contributed by atoms with Gasteiger partial charge in [-0.15, -0.1) is 0 Å². The smallest absolute Gasteiger partial charge is 0.135 e. The molecule has 0 aliphatic heterocycles. The van der Waals surface area contributed by atoms with Gasteiger partial charge in [0, 0.05) is 27.8 Å². The number of hydrogen-bond acceptors (Lipinski definition) is 2. The zero-order valence-corrected chi connectivity index (χ0v) is 32.9. The number of anilines is 3. The van der Waals surface area contributed by atoms with Gasteiger partial charge in [-0.25, -0.2) is 0 Å². The highest BCUT2D eigenvalue weighted by Crippen LogP contribution is 2.44. The molecule has 11 aromatic rings. The fraction of sp³-hybridized carbons (Fsp3) is 0. The van der Waals surface area contributed by atoms with Crippen LogP contribution in [-0.4, -0.2) is 0 Å². The van der Waals surface area contributed by atoms with Gasteiger partial charge in [-0.3, -0.25) is 0 Å². The third kappa shape index (κ3) is 6.32. The van der Waals surface area contributed by atoms with Gasteiger partial charge in [-0.1, -0.05) is 188 Å². The Kier molecular flexibility index (Phi) is 8.87. The Morgan fingerprint density at radius 3 is 1.30 bits per heavy atom. The number of para-hydroxylation sites is 1. The number of benzene rings is 10. The number of furan rings is 1. The van der Waals surface area contributed by atoms with E-state index in [2.05, 4.69) is 229 Å². The van der Waals surface area contributed by atoms with E-state index in [1.165, 1.54) is 60.8 Å². The molecule has 1 aromatic heterocycles. The highest BCUT2D eigenvalue weighted by atomic mass is 16.3. The van der Waals surface area contributed by atoms with Gasteiger partial charge in [0.05, 0.1) is 0 Å². The van der Waals surface area contributed by atoms with Crippen molar-refractivity contribution >= 4 is 49.8 Å². The van der Waals surface area contributed by atoms with Crippen LogP contribution in [0.2, 0.25) is 0 Å². The Balaban J connectivity index is 1.01. The van der Waals surface area contributed by atoms with Crippen LogP contribution in [0.3, 0.4) is 0 Å². The minimum Gasteiger partial charge on any atom is -0.456 e. The van der Waals surface area contributed by atoms with Gasteiger partial charge in [0.2, 0.25) is 0 Å². The molecule has 0 aliphatic rings. The molecule has 10 aromatic carbocycles. The quantitative estimate of drug-likeness (QED) is 0.153. The average molecular weight is 766 g/mol. The molecule has 0 spiro atoms. The van der Waals surface area contributed by atoms with Crippen LogP contribution in [-0.2, 0) is 0 Å². The summed E-state index contributed by atoms with van der Waals surface area (Å²) in [5.74, 6) is 0. The fourth-order valence-corrected chi connectivity index (χ4v) is 8.87. The van der Waals surface area contributed by atoms with Gasteiger partial charge < -0.3 is 9.32 Å². The van der Waals surface area contributed by atoms with Crippen LogP contribution in [0.15, 0.2) is 241 Å². The monoisotopic (exact) mass is 765 g/mol. The van der Waals surface area contributed by atoms with Crippen molar-refractivity contribution in [2.75, 3.05) is 4.90 Å². The normalized spacial score (nSPS) is 11.3. The Morgan fingerprint density at radius 1 is 0.250 bits per heavy atom. The van der Waals surface area contributed by atoms with Gasteiger partial charge in [-0.2, -0.15) is 0 Å². The van der Waals surface area contributed by atoms with Crippen molar-refractivity contribution < 1.29 is 4.42 Å². The largest absolute Gasteiger partial charge is 0.456 e.